The first-order valence-corrected chi connectivity index (χ1v) is 6.42. The Kier molecular flexibility index (Phi) is 3.33. The Labute approximate surface area is 111 Å². The topological polar surface area (TPSA) is 66.8 Å². The number of aryl methyl sites for hydroxylation is 1. The molecule has 0 aromatic carbocycles. The molecule has 1 aliphatic heterocycles. The summed E-state index contributed by atoms with van der Waals surface area (Å²) in [5.41, 5.74) is 1.76. The first-order valence-electron chi connectivity index (χ1n) is 6.42. The molecular formula is C13H16N6. The molecule has 1 fully saturated rings. The highest BCUT2D eigenvalue weighted by molar-refractivity contribution is 5.71. The lowest BCUT2D eigenvalue weighted by Gasteiger charge is -2.29. The second-order valence-corrected chi connectivity index (χ2v) is 4.51. The van der Waals surface area contributed by atoms with Crippen LogP contribution in [0, 0.1) is 6.92 Å². The van der Waals surface area contributed by atoms with Crippen molar-refractivity contribution in [3.63, 3.8) is 0 Å². The van der Waals surface area contributed by atoms with Crippen LogP contribution in [-0.4, -0.2) is 46.3 Å². The van der Waals surface area contributed by atoms with E-state index in [1.807, 2.05) is 19.1 Å². The second kappa shape index (κ2) is 5.27. The van der Waals surface area contributed by atoms with Gasteiger partial charge in [-0.15, -0.1) is 10.2 Å². The van der Waals surface area contributed by atoms with E-state index in [0.29, 0.717) is 5.82 Å². The van der Waals surface area contributed by atoms with Crippen LogP contribution in [0.1, 0.15) is 5.82 Å². The third-order valence-electron chi connectivity index (χ3n) is 3.13. The average Bonchev–Trinajstić information content (AvgIpc) is 2.49. The Morgan fingerprint density at radius 2 is 2.05 bits per heavy atom. The first-order chi connectivity index (χ1) is 9.34. The number of piperazine rings is 1. The van der Waals surface area contributed by atoms with Crippen LogP contribution in [0.15, 0.2) is 24.5 Å². The Bertz CT molecular complexity index is 550. The Balaban J connectivity index is 2.04. The molecule has 0 aliphatic carbocycles. The largest absolute Gasteiger partial charge is 0.352 e. The summed E-state index contributed by atoms with van der Waals surface area (Å²) < 4.78 is 0. The number of nitrogens with one attached hydrogen (secondary N) is 1. The molecule has 0 saturated carbocycles. The molecular weight excluding hydrogens is 240 g/mol. The van der Waals surface area contributed by atoms with E-state index in [0.717, 1.165) is 43.3 Å². The summed E-state index contributed by atoms with van der Waals surface area (Å²) >= 11 is 0. The summed E-state index contributed by atoms with van der Waals surface area (Å²) in [7, 11) is 0. The van der Waals surface area contributed by atoms with Crippen molar-refractivity contribution >= 4 is 5.82 Å². The summed E-state index contributed by atoms with van der Waals surface area (Å²) in [5.74, 6) is 1.60. The molecule has 6 heteroatoms. The normalized spacial score (nSPS) is 15.5. The van der Waals surface area contributed by atoms with Crippen molar-refractivity contribution in [1.82, 2.24) is 25.5 Å². The van der Waals surface area contributed by atoms with Crippen molar-refractivity contribution in [3.8, 4) is 11.3 Å². The first kappa shape index (κ1) is 12.0. The van der Waals surface area contributed by atoms with Crippen LogP contribution < -0.4 is 10.2 Å². The summed E-state index contributed by atoms with van der Waals surface area (Å²) in [6.45, 7) is 5.67. The van der Waals surface area contributed by atoms with Crippen molar-refractivity contribution in [2.24, 2.45) is 0 Å². The molecule has 98 valence electrons. The SMILES string of the molecule is Cc1nnc(-c2cccnc2)c(N2CCNCC2)n1. The number of nitrogens with zero attached hydrogens (tertiary/aromatic N) is 5. The number of hydrogen-bond acceptors (Lipinski definition) is 6. The number of pyridine rings is 1. The molecule has 2 aromatic heterocycles. The van der Waals surface area contributed by atoms with Gasteiger partial charge in [0, 0.05) is 44.1 Å². The number of anilines is 1. The molecule has 1 aliphatic rings. The maximum absolute atomic E-state index is 4.57. The number of hydrogen-bond donors (Lipinski definition) is 1. The van der Waals surface area contributed by atoms with Gasteiger partial charge in [0.15, 0.2) is 5.82 Å². The van der Waals surface area contributed by atoms with Gasteiger partial charge in [0.05, 0.1) is 0 Å². The number of rotatable bonds is 2. The van der Waals surface area contributed by atoms with Crippen molar-refractivity contribution in [2.75, 3.05) is 31.1 Å². The zero-order chi connectivity index (χ0) is 13.1. The summed E-state index contributed by atoms with van der Waals surface area (Å²) in [6, 6.07) is 3.89. The molecule has 0 unspecified atom stereocenters. The van der Waals surface area contributed by atoms with Crippen LogP contribution in [-0.2, 0) is 0 Å². The minimum absolute atomic E-state index is 0.696. The highest BCUT2D eigenvalue weighted by atomic mass is 15.3. The Hall–Kier alpha value is -2.08. The zero-order valence-corrected chi connectivity index (χ0v) is 10.9. The van der Waals surface area contributed by atoms with Gasteiger partial charge in [0.1, 0.15) is 11.5 Å². The van der Waals surface area contributed by atoms with Gasteiger partial charge in [-0.1, -0.05) is 0 Å². The molecule has 0 atom stereocenters. The number of aromatic nitrogens is 4. The predicted molar refractivity (Wildman–Crippen MR) is 72.9 cm³/mol. The molecule has 0 spiro atoms. The lowest BCUT2D eigenvalue weighted by Crippen LogP contribution is -2.44. The van der Waals surface area contributed by atoms with E-state index in [1.54, 1.807) is 12.4 Å². The van der Waals surface area contributed by atoms with Gasteiger partial charge in [0.2, 0.25) is 0 Å². The Morgan fingerprint density at radius 1 is 1.21 bits per heavy atom. The Morgan fingerprint density at radius 3 is 2.79 bits per heavy atom. The van der Waals surface area contributed by atoms with Crippen LogP contribution >= 0.6 is 0 Å². The average molecular weight is 256 g/mol. The maximum Gasteiger partial charge on any atom is 0.159 e. The fraction of sp³-hybridized carbons (Fsp3) is 0.385. The van der Waals surface area contributed by atoms with Gasteiger partial charge in [-0.3, -0.25) is 4.98 Å². The van der Waals surface area contributed by atoms with Crippen LogP contribution in [0.2, 0.25) is 0 Å². The maximum atomic E-state index is 4.57. The molecule has 1 saturated heterocycles. The second-order valence-electron chi connectivity index (χ2n) is 4.51. The lowest BCUT2D eigenvalue weighted by atomic mass is 10.2. The van der Waals surface area contributed by atoms with E-state index in [1.165, 1.54) is 0 Å². The molecule has 1 N–H and O–H groups in total. The monoisotopic (exact) mass is 256 g/mol. The third-order valence-corrected chi connectivity index (χ3v) is 3.13. The predicted octanol–water partition coefficient (Wildman–Crippen LogP) is 0.652. The van der Waals surface area contributed by atoms with Crippen molar-refractivity contribution < 1.29 is 0 Å². The molecule has 0 amide bonds. The summed E-state index contributed by atoms with van der Waals surface area (Å²) in [5, 5.41) is 11.7. The molecule has 3 heterocycles. The van der Waals surface area contributed by atoms with Crippen molar-refractivity contribution in [1.29, 1.82) is 0 Å². The van der Waals surface area contributed by atoms with E-state index < -0.39 is 0 Å². The van der Waals surface area contributed by atoms with Gasteiger partial charge in [-0.25, -0.2) is 4.98 Å². The minimum Gasteiger partial charge on any atom is -0.352 e. The minimum atomic E-state index is 0.696. The smallest absolute Gasteiger partial charge is 0.159 e. The van der Waals surface area contributed by atoms with Gasteiger partial charge < -0.3 is 10.2 Å². The molecule has 6 nitrogen and oxygen atoms in total. The van der Waals surface area contributed by atoms with Crippen LogP contribution in [0.25, 0.3) is 11.3 Å². The van der Waals surface area contributed by atoms with Gasteiger partial charge in [0.25, 0.3) is 0 Å². The molecule has 3 rings (SSSR count). The van der Waals surface area contributed by atoms with Crippen LogP contribution in [0.4, 0.5) is 5.82 Å². The standard InChI is InChI=1S/C13H16N6/c1-10-16-13(19-7-5-14-6-8-19)12(18-17-10)11-3-2-4-15-9-11/h2-4,9,14H,5-8H2,1H3. The van der Waals surface area contributed by atoms with Crippen LogP contribution in [0.3, 0.4) is 0 Å². The van der Waals surface area contributed by atoms with E-state index in [2.05, 4.69) is 30.4 Å². The van der Waals surface area contributed by atoms with E-state index in [9.17, 15) is 0 Å². The lowest BCUT2D eigenvalue weighted by molar-refractivity contribution is 0.583. The van der Waals surface area contributed by atoms with E-state index in [4.69, 9.17) is 0 Å². The van der Waals surface area contributed by atoms with Crippen molar-refractivity contribution in [3.05, 3.63) is 30.4 Å². The summed E-state index contributed by atoms with van der Waals surface area (Å²) in [6.07, 6.45) is 3.55. The fourth-order valence-corrected chi connectivity index (χ4v) is 2.18. The fourth-order valence-electron chi connectivity index (χ4n) is 2.18. The van der Waals surface area contributed by atoms with Gasteiger partial charge in [-0.05, 0) is 19.1 Å². The molecule has 2 aromatic rings. The van der Waals surface area contributed by atoms with E-state index >= 15 is 0 Å². The molecule has 0 bridgehead atoms. The summed E-state index contributed by atoms with van der Waals surface area (Å²) in [4.78, 5) is 11.0. The highest BCUT2D eigenvalue weighted by Crippen LogP contribution is 2.25. The van der Waals surface area contributed by atoms with Crippen molar-refractivity contribution in [2.45, 2.75) is 6.92 Å². The molecule has 19 heavy (non-hydrogen) atoms. The third kappa shape index (κ3) is 2.53. The van der Waals surface area contributed by atoms with Gasteiger partial charge >= 0.3 is 0 Å². The zero-order valence-electron chi connectivity index (χ0n) is 10.9. The highest BCUT2D eigenvalue weighted by Gasteiger charge is 2.18. The van der Waals surface area contributed by atoms with Crippen LogP contribution in [0.5, 0.6) is 0 Å². The quantitative estimate of drug-likeness (QED) is 0.851. The van der Waals surface area contributed by atoms with E-state index in [-0.39, 0.29) is 0 Å². The van der Waals surface area contributed by atoms with Gasteiger partial charge in [-0.2, -0.15) is 0 Å². The molecule has 0 radical (unpaired) electrons.